The van der Waals surface area contributed by atoms with Gasteiger partial charge >= 0.3 is 5.97 Å². The van der Waals surface area contributed by atoms with Crippen molar-refractivity contribution in [3.05, 3.63) is 0 Å². The Labute approximate surface area is 107 Å². The molecule has 0 aromatic carbocycles. The van der Waals surface area contributed by atoms with E-state index < -0.39 is 11.9 Å². The van der Waals surface area contributed by atoms with Crippen molar-refractivity contribution >= 4 is 11.9 Å². The summed E-state index contributed by atoms with van der Waals surface area (Å²) in [6, 6.07) is 0.322. The van der Waals surface area contributed by atoms with Crippen LogP contribution in [0.25, 0.3) is 0 Å². The van der Waals surface area contributed by atoms with Crippen LogP contribution in [-0.4, -0.2) is 48.2 Å². The van der Waals surface area contributed by atoms with Crippen molar-refractivity contribution in [3.8, 4) is 0 Å². The van der Waals surface area contributed by atoms with Crippen molar-refractivity contribution in [1.82, 2.24) is 4.90 Å². The van der Waals surface area contributed by atoms with E-state index in [0.29, 0.717) is 32.0 Å². The van der Waals surface area contributed by atoms with Gasteiger partial charge in [0.15, 0.2) is 0 Å². The number of aliphatic carboxylic acids is 1. The number of carbonyl (C=O) groups excluding carboxylic acids is 1. The Morgan fingerprint density at radius 3 is 2.44 bits per heavy atom. The summed E-state index contributed by atoms with van der Waals surface area (Å²) in [5.41, 5.74) is 0. The normalized spacial score (nSPS) is 27.2. The van der Waals surface area contributed by atoms with Crippen LogP contribution in [0.5, 0.6) is 0 Å². The number of hydrogen-bond donors (Lipinski definition) is 1. The molecule has 0 saturated heterocycles. The average Bonchev–Trinajstić information content (AvgIpc) is 3.05. The monoisotopic (exact) mass is 255 g/mol. The summed E-state index contributed by atoms with van der Waals surface area (Å²) in [5, 5.41) is 9.15. The Bertz CT molecular complexity index is 327. The van der Waals surface area contributed by atoms with E-state index >= 15 is 0 Å². The van der Waals surface area contributed by atoms with Crippen molar-refractivity contribution in [1.29, 1.82) is 0 Å². The van der Waals surface area contributed by atoms with Crippen LogP contribution in [0.4, 0.5) is 0 Å². The molecular weight excluding hydrogens is 234 g/mol. The first kappa shape index (κ1) is 13.3. The van der Waals surface area contributed by atoms with Gasteiger partial charge in [0.2, 0.25) is 5.91 Å². The zero-order chi connectivity index (χ0) is 13.1. The SMILES string of the molecule is COCCN(C(=O)[C@@H]1CCC[C@@H]1C(=O)O)C1CC1. The van der Waals surface area contributed by atoms with Gasteiger partial charge in [-0.25, -0.2) is 0 Å². The molecule has 2 fully saturated rings. The van der Waals surface area contributed by atoms with Crippen molar-refractivity contribution in [3.63, 3.8) is 0 Å². The molecule has 102 valence electrons. The van der Waals surface area contributed by atoms with Gasteiger partial charge in [-0.15, -0.1) is 0 Å². The highest BCUT2D eigenvalue weighted by molar-refractivity contribution is 5.85. The topological polar surface area (TPSA) is 66.8 Å². The molecule has 0 bridgehead atoms. The van der Waals surface area contributed by atoms with Gasteiger partial charge < -0.3 is 14.7 Å². The van der Waals surface area contributed by atoms with Crippen LogP contribution in [0.3, 0.4) is 0 Å². The van der Waals surface area contributed by atoms with Crippen LogP contribution < -0.4 is 0 Å². The molecule has 0 heterocycles. The second-order valence-corrected chi connectivity index (χ2v) is 5.24. The molecule has 5 heteroatoms. The largest absolute Gasteiger partial charge is 0.481 e. The predicted molar refractivity (Wildman–Crippen MR) is 65.1 cm³/mol. The summed E-state index contributed by atoms with van der Waals surface area (Å²) < 4.78 is 5.03. The average molecular weight is 255 g/mol. The fraction of sp³-hybridized carbons (Fsp3) is 0.846. The lowest BCUT2D eigenvalue weighted by atomic mass is 9.94. The number of amides is 1. The molecule has 0 spiro atoms. The highest BCUT2D eigenvalue weighted by Crippen LogP contribution is 2.36. The Balaban J connectivity index is 2.00. The molecule has 0 aromatic rings. The van der Waals surface area contributed by atoms with Crippen LogP contribution in [0.15, 0.2) is 0 Å². The van der Waals surface area contributed by atoms with Crippen LogP contribution in [0, 0.1) is 11.8 Å². The van der Waals surface area contributed by atoms with Crippen molar-refractivity contribution in [2.45, 2.75) is 38.1 Å². The minimum Gasteiger partial charge on any atom is -0.481 e. The summed E-state index contributed by atoms with van der Waals surface area (Å²) >= 11 is 0. The number of rotatable bonds is 6. The van der Waals surface area contributed by atoms with E-state index in [9.17, 15) is 9.59 Å². The molecule has 0 unspecified atom stereocenters. The van der Waals surface area contributed by atoms with E-state index in [1.807, 2.05) is 4.90 Å². The number of ether oxygens (including phenoxy) is 1. The second-order valence-electron chi connectivity index (χ2n) is 5.24. The zero-order valence-electron chi connectivity index (χ0n) is 10.8. The molecule has 18 heavy (non-hydrogen) atoms. The van der Waals surface area contributed by atoms with Gasteiger partial charge in [-0.3, -0.25) is 9.59 Å². The number of hydrogen-bond acceptors (Lipinski definition) is 3. The second kappa shape index (κ2) is 5.69. The Kier molecular flexibility index (Phi) is 4.22. The smallest absolute Gasteiger partial charge is 0.307 e. The van der Waals surface area contributed by atoms with Gasteiger partial charge in [0.1, 0.15) is 0 Å². The third kappa shape index (κ3) is 2.83. The maximum Gasteiger partial charge on any atom is 0.307 e. The third-order valence-corrected chi connectivity index (χ3v) is 3.96. The van der Waals surface area contributed by atoms with Crippen molar-refractivity contribution in [2.75, 3.05) is 20.3 Å². The molecule has 1 N–H and O–H groups in total. The fourth-order valence-corrected chi connectivity index (χ4v) is 2.81. The van der Waals surface area contributed by atoms with Crippen LogP contribution >= 0.6 is 0 Å². The number of methoxy groups -OCH3 is 1. The number of carboxylic acids is 1. The molecule has 0 aromatic heterocycles. The number of carbonyl (C=O) groups is 2. The zero-order valence-corrected chi connectivity index (χ0v) is 10.8. The maximum atomic E-state index is 12.5. The highest BCUT2D eigenvalue weighted by atomic mass is 16.5. The Hall–Kier alpha value is -1.10. The standard InChI is InChI=1S/C13H21NO4/c1-18-8-7-14(9-5-6-9)12(15)10-3-2-4-11(10)13(16)17/h9-11H,2-8H2,1H3,(H,16,17)/t10-,11+/m1/s1. The van der Waals surface area contributed by atoms with E-state index in [1.54, 1.807) is 7.11 Å². The quantitative estimate of drug-likeness (QED) is 0.772. The minimum absolute atomic E-state index is 0.0273. The molecule has 5 nitrogen and oxygen atoms in total. The van der Waals surface area contributed by atoms with Crippen LogP contribution in [-0.2, 0) is 14.3 Å². The molecule has 2 aliphatic carbocycles. The molecule has 2 atom stereocenters. The lowest BCUT2D eigenvalue weighted by Gasteiger charge is -2.27. The summed E-state index contributed by atoms with van der Waals surface area (Å²) in [6.07, 6.45) is 4.27. The van der Waals surface area contributed by atoms with Gasteiger partial charge in [-0.05, 0) is 25.7 Å². The van der Waals surface area contributed by atoms with Crippen molar-refractivity contribution < 1.29 is 19.4 Å². The van der Waals surface area contributed by atoms with E-state index in [1.165, 1.54) is 0 Å². The van der Waals surface area contributed by atoms with Gasteiger partial charge in [0.25, 0.3) is 0 Å². The molecular formula is C13H21NO4. The Morgan fingerprint density at radius 1 is 1.22 bits per heavy atom. The summed E-state index contributed by atoms with van der Waals surface area (Å²) in [4.78, 5) is 25.4. The van der Waals surface area contributed by atoms with E-state index in [0.717, 1.165) is 19.3 Å². The molecule has 0 radical (unpaired) electrons. The minimum atomic E-state index is -0.826. The molecule has 1 amide bonds. The first-order valence-electron chi connectivity index (χ1n) is 6.67. The van der Waals surface area contributed by atoms with Gasteiger partial charge in [-0.2, -0.15) is 0 Å². The lowest BCUT2D eigenvalue weighted by molar-refractivity contribution is -0.149. The van der Waals surface area contributed by atoms with Crippen molar-refractivity contribution in [2.24, 2.45) is 11.8 Å². The van der Waals surface area contributed by atoms with Gasteiger partial charge in [0, 0.05) is 19.7 Å². The summed E-state index contributed by atoms with van der Waals surface area (Å²) in [6.45, 7) is 1.11. The van der Waals surface area contributed by atoms with E-state index in [-0.39, 0.29) is 11.8 Å². The molecule has 2 saturated carbocycles. The van der Waals surface area contributed by atoms with E-state index in [2.05, 4.69) is 0 Å². The molecule has 2 aliphatic rings. The predicted octanol–water partition coefficient (Wildman–Crippen LogP) is 1.12. The van der Waals surface area contributed by atoms with Gasteiger partial charge in [0.05, 0.1) is 18.4 Å². The molecule has 0 aliphatic heterocycles. The lowest BCUT2D eigenvalue weighted by Crippen LogP contribution is -2.42. The van der Waals surface area contributed by atoms with Gasteiger partial charge in [-0.1, -0.05) is 6.42 Å². The molecule has 2 rings (SSSR count). The summed E-state index contributed by atoms with van der Waals surface area (Å²) in [5.74, 6) is -1.60. The number of carboxylic acid groups (broad SMARTS) is 1. The first-order valence-corrected chi connectivity index (χ1v) is 6.67. The van der Waals surface area contributed by atoms with Crippen LogP contribution in [0.2, 0.25) is 0 Å². The van der Waals surface area contributed by atoms with Crippen LogP contribution in [0.1, 0.15) is 32.1 Å². The Morgan fingerprint density at radius 2 is 1.89 bits per heavy atom. The highest BCUT2D eigenvalue weighted by Gasteiger charge is 2.42. The third-order valence-electron chi connectivity index (χ3n) is 3.96. The first-order chi connectivity index (χ1) is 8.65. The fourth-order valence-electron chi connectivity index (χ4n) is 2.81. The maximum absolute atomic E-state index is 12.5. The van der Waals surface area contributed by atoms with E-state index in [4.69, 9.17) is 9.84 Å². The summed E-state index contributed by atoms with van der Waals surface area (Å²) in [7, 11) is 1.62. The number of nitrogens with zero attached hydrogens (tertiary/aromatic N) is 1.